The summed E-state index contributed by atoms with van der Waals surface area (Å²) in [5.41, 5.74) is -0.567. The maximum Gasteiger partial charge on any atom is 0.416 e. The van der Waals surface area contributed by atoms with Crippen LogP contribution in [-0.2, 0) is 10.9 Å². The van der Waals surface area contributed by atoms with Gasteiger partial charge in [0.05, 0.1) is 21.9 Å². The first-order valence-electron chi connectivity index (χ1n) is 6.26. The zero-order valence-electron chi connectivity index (χ0n) is 10.8. The quantitative estimate of drug-likeness (QED) is 0.848. The van der Waals surface area contributed by atoms with Crippen molar-refractivity contribution in [3.63, 3.8) is 0 Å². The summed E-state index contributed by atoms with van der Waals surface area (Å²) >= 11 is 1.15. The van der Waals surface area contributed by atoms with Crippen LogP contribution in [0.4, 0.5) is 13.2 Å². The van der Waals surface area contributed by atoms with Crippen LogP contribution in [-0.4, -0.2) is 33.5 Å². The summed E-state index contributed by atoms with van der Waals surface area (Å²) in [5, 5.41) is 19.9. The Hall–Kier alpha value is -1.22. The molecule has 0 radical (unpaired) electrons. The van der Waals surface area contributed by atoms with Gasteiger partial charge in [0.1, 0.15) is 23.3 Å². The standard InChI is InChI=1S/C13H12F3NO3S/c1-5-9(18)10(19)11(20-5)12-17-7-4-6(13(14,15)16)2-3-8(7)21-12/h2-5,9-11,18-19H,1H3. The van der Waals surface area contributed by atoms with Crippen molar-refractivity contribution in [2.75, 3.05) is 0 Å². The van der Waals surface area contributed by atoms with Gasteiger partial charge in [-0.05, 0) is 25.1 Å². The zero-order chi connectivity index (χ0) is 15.4. The lowest BCUT2D eigenvalue weighted by Gasteiger charge is -2.11. The average Bonchev–Trinajstić information content (AvgIpc) is 2.93. The minimum absolute atomic E-state index is 0.203. The van der Waals surface area contributed by atoms with Crippen LogP contribution in [0.1, 0.15) is 23.6 Å². The number of fused-ring (bicyclic) bond motifs is 1. The van der Waals surface area contributed by atoms with Gasteiger partial charge in [-0.25, -0.2) is 4.98 Å². The molecule has 1 fully saturated rings. The molecule has 1 aliphatic heterocycles. The summed E-state index contributed by atoms with van der Waals surface area (Å²) in [6.45, 7) is 1.61. The van der Waals surface area contributed by atoms with Gasteiger partial charge in [0, 0.05) is 0 Å². The Labute approximate surface area is 121 Å². The smallest absolute Gasteiger partial charge is 0.388 e. The van der Waals surface area contributed by atoms with Gasteiger partial charge in [-0.1, -0.05) is 0 Å². The number of rotatable bonds is 1. The molecule has 0 saturated carbocycles. The van der Waals surface area contributed by atoms with E-state index in [2.05, 4.69) is 4.98 Å². The van der Waals surface area contributed by atoms with Gasteiger partial charge in [-0.3, -0.25) is 0 Å². The van der Waals surface area contributed by atoms with Crippen LogP contribution in [0.2, 0.25) is 0 Å². The number of nitrogens with zero attached hydrogens (tertiary/aromatic N) is 1. The monoisotopic (exact) mass is 319 g/mol. The Morgan fingerprint density at radius 2 is 1.95 bits per heavy atom. The van der Waals surface area contributed by atoms with Crippen molar-refractivity contribution < 1.29 is 28.1 Å². The lowest BCUT2D eigenvalue weighted by molar-refractivity contribution is -0.137. The van der Waals surface area contributed by atoms with E-state index in [4.69, 9.17) is 4.74 Å². The molecule has 2 N–H and O–H groups in total. The van der Waals surface area contributed by atoms with Gasteiger partial charge in [0.2, 0.25) is 0 Å². The first-order chi connectivity index (χ1) is 9.77. The number of benzene rings is 1. The molecule has 1 aromatic heterocycles. The maximum absolute atomic E-state index is 12.7. The Balaban J connectivity index is 1.98. The van der Waals surface area contributed by atoms with E-state index >= 15 is 0 Å². The normalized spacial score (nSPS) is 30.2. The molecule has 1 saturated heterocycles. The summed E-state index contributed by atoms with van der Waals surface area (Å²) in [7, 11) is 0. The lowest BCUT2D eigenvalue weighted by atomic mass is 10.1. The van der Waals surface area contributed by atoms with E-state index in [1.165, 1.54) is 6.07 Å². The van der Waals surface area contributed by atoms with Crippen molar-refractivity contribution in [1.82, 2.24) is 4.98 Å². The molecule has 0 bridgehead atoms. The number of alkyl halides is 3. The predicted octanol–water partition coefficient (Wildman–Crippen LogP) is 2.50. The Morgan fingerprint density at radius 3 is 2.52 bits per heavy atom. The van der Waals surface area contributed by atoms with Crippen LogP contribution in [0.15, 0.2) is 18.2 Å². The molecule has 4 nitrogen and oxygen atoms in total. The molecule has 0 amide bonds. The predicted molar refractivity (Wildman–Crippen MR) is 69.9 cm³/mol. The summed E-state index contributed by atoms with van der Waals surface area (Å²) in [6, 6.07) is 3.31. The van der Waals surface area contributed by atoms with Crippen molar-refractivity contribution in [1.29, 1.82) is 0 Å². The molecule has 2 aromatic rings. The zero-order valence-corrected chi connectivity index (χ0v) is 11.6. The fraction of sp³-hybridized carbons (Fsp3) is 0.462. The second-order valence-electron chi connectivity index (χ2n) is 4.98. The third-order valence-corrected chi connectivity index (χ3v) is 4.58. The molecule has 3 rings (SSSR count). The molecule has 1 aromatic carbocycles. The number of ether oxygens (including phenoxy) is 1. The summed E-state index contributed by atoms with van der Waals surface area (Å²) in [4.78, 5) is 4.11. The molecule has 2 heterocycles. The van der Waals surface area contributed by atoms with Crippen LogP contribution in [0.3, 0.4) is 0 Å². The Kier molecular flexibility index (Phi) is 3.44. The van der Waals surface area contributed by atoms with Crippen LogP contribution < -0.4 is 0 Å². The van der Waals surface area contributed by atoms with E-state index in [0.29, 0.717) is 9.71 Å². The van der Waals surface area contributed by atoms with Gasteiger partial charge < -0.3 is 14.9 Å². The second-order valence-corrected chi connectivity index (χ2v) is 6.04. The van der Waals surface area contributed by atoms with Crippen LogP contribution in [0, 0.1) is 0 Å². The number of aromatic nitrogens is 1. The number of hydrogen-bond acceptors (Lipinski definition) is 5. The lowest BCUT2D eigenvalue weighted by Crippen LogP contribution is -2.28. The van der Waals surface area contributed by atoms with E-state index in [0.717, 1.165) is 23.5 Å². The molecule has 21 heavy (non-hydrogen) atoms. The minimum atomic E-state index is -4.42. The molecule has 114 valence electrons. The average molecular weight is 319 g/mol. The molecule has 4 atom stereocenters. The highest BCUT2D eigenvalue weighted by Crippen LogP contribution is 2.38. The van der Waals surface area contributed by atoms with Gasteiger partial charge in [-0.2, -0.15) is 13.2 Å². The second kappa shape index (κ2) is 4.91. The topological polar surface area (TPSA) is 62.6 Å². The fourth-order valence-electron chi connectivity index (χ4n) is 2.30. The number of aliphatic hydroxyl groups excluding tert-OH is 2. The van der Waals surface area contributed by atoms with Crippen molar-refractivity contribution in [3.8, 4) is 0 Å². The largest absolute Gasteiger partial charge is 0.416 e. The van der Waals surface area contributed by atoms with E-state index in [1.54, 1.807) is 6.92 Å². The Bertz CT molecular complexity index is 672. The molecule has 8 heteroatoms. The molecular formula is C13H12F3NO3S. The first kappa shape index (κ1) is 14.7. The highest BCUT2D eigenvalue weighted by Gasteiger charge is 2.42. The highest BCUT2D eigenvalue weighted by atomic mass is 32.1. The number of hydrogen-bond donors (Lipinski definition) is 2. The molecule has 0 spiro atoms. The third kappa shape index (κ3) is 2.52. The molecular weight excluding hydrogens is 307 g/mol. The summed E-state index contributed by atoms with van der Waals surface area (Å²) < 4.78 is 44.0. The van der Waals surface area contributed by atoms with Gasteiger partial charge in [0.25, 0.3) is 0 Å². The summed E-state index contributed by atoms with van der Waals surface area (Å²) in [6.07, 6.45) is -7.97. The first-order valence-corrected chi connectivity index (χ1v) is 7.08. The van der Waals surface area contributed by atoms with Gasteiger partial charge in [-0.15, -0.1) is 11.3 Å². The van der Waals surface area contributed by atoms with Crippen molar-refractivity contribution in [2.24, 2.45) is 0 Å². The molecule has 1 aliphatic rings. The van der Waals surface area contributed by atoms with Gasteiger partial charge >= 0.3 is 6.18 Å². The minimum Gasteiger partial charge on any atom is -0.388 e. The van der Waals surface area contributed by atoms with Gasteiger partial charge in [0.15, 0.2) is 0 Å². The van der Waals surface area contributed by atoms with Crippen LogP contribution in [0.5, 0.6) is 0 Å². The SMILES string of the molecule is CC1OC(c2nc3cc(C(F)(F)F)ccc3s2)C(O)C1O. The van der Waals surface area contributed by atoms with E-state index < -0.39 is 36.2 Å². The third-order valence-electron chi connectivity index (χ3n) is 3.48. The fourth-order valence-corrected chi connectivity index (χ4v) is 3.32. The van der Waals surface area contributed by atoms with E-state index in [-0.39, 0.29) is 5.52 Å². The highest BCUT2D eigenvalue weighted by molar-refractivity contribution is 7.18. The Morgan fingerprint density at radius 1 is 1.24 bits per heavy atom. The number of thiazole rings is 1. The molecule has 0 aliphatic carbocycles. The van der Waals surface area contributed by atoms with Crippen LogP contribution in [0.25, 0.3) is 10.2 Å². The summed E-state index contributed by atoms with van der Waals surface area (Å²) in [5.74, 6) is 0. The van der Waals surface area contributed by atoms with Crippen LogP contribution >= 0.6 is 11.3 Å². The number of aliphatic hydroxyl groups is 2. The van der Waals surface area contributed by atoms with Crippen molar-refractivity contribution in [3.05, 3.63) is 28.8 Å². The van der Waals surface area contributed by atoms with Crippen molar-refractivity contribution >= 4 is 21.6 Å². The van der Waals surface area contributed by atoms with E-state index in [1.807, 2.05) is 0 Å². The van der Waals surface area contributed by atoms with E-state index in [9.17, 15) is 23.4 Å². The maximum atomic E-state index is 12.7. The van der Waals surface area contributed by atoms with Crippen molar-refractivity contribution in [2.45, 2.75) is 37.5 Å². The molecule has 4 unspecified atom stereocenters. The number of halogens is 3.